The molecule has 0 saturated carbocycles. The molecule has 274 valence electrons. The molecule has 7 rings (SSSR count). The number of aromatic nitrogens is 6. The van der Waals surface area contributed by atoms with Crippen LogP contribution in [0.15, 0.2) is 72.8 Å². The number of hydrogen-bond donors (Lipinski definition) is 2. The van der Waals surface area contributed by atoms with Crippen molar-refractivity contribution in [1.82, 2.24) is 30.0 Å². The number of carbonyl (C=O) groups is 2. The molecule has 0 atom stereocenters. The minimum atomic E-state index is -1.31. The minimum absolute atomic E-state index is 0.0311. The van der Waals surface area contributed by atoms with E-state index < -0.39 is 22.8 Å². The second-order valence-corrected chi connectivity index (χ2v) is 16.6. The van der Waals surface area contributed by atoms with Gasteiger partial charge in [-0.15, -0.1) is 30.0 Å². The Kier molecular flexibility index (Phi) is 8.90. The smallest absolute Gasteiger partial charge is 0.336 e. The number of benzene rings is 5. The molecule has 12 heteroatoms. The molecular formula is C42H38Cl2N6O4. The molecule has 0 aliphatic heterocycles. The number of carboxylic acid groups (broad SMARTS) is 2. The normalized spacial score (nSPS) is 12.2. The molecule has 0 unspecified atom stereocenters. The van der Waals surface area contributed by atoms with Crippen LogP contribution < -0.4 is 0 Å². The molecule has 2 heterocycles. The van der Waals surface area contributed by atoms with E-state index in [0.29, 0.717) is 60.2 Å². The van der Waals surface area contributed by atoms with Crippen molar-refractivity contribution in [3.05, 3.63) is 116 Å². The van der Waals surface area contributed by atoms with Crippen LogP contribution in [0.2, 0.25) is 10.0 Å². The lowest BCUT2D eigenvalue weighted by Gasteiger charge is -2.29. The first-order valence-electron chi connectivity index (χ1n) is 17.3. The van der Waals surface area contributed by atoms with Crippen molar-refractivity contribution in [3.8, 4) is 33.6 Å². The van der Waals surface area contributed by atoms with Crippen LogP contribution in [0.1, 0.15) is 84.5 Å². The van der Waals surface area contributed by atoms with Gasteiger partial charge in [0, 0.05) is 26.7 Å². The average molecular weight is 762 g/mol. The van der Waals surface area contributed by atoms with Crippen LogP contribution in [0.5, 0.6) is 0 Å². The van der Waals surface area contributed by atoms with Crippen LogP contribution in [-0.2, 0) is 10.8 Å². The van der Waals surface area contributed by atoms with Gasteiger partial charge in [0.1, 0.15) is 22.1 Å². The first kappa shape index (κ1) is 36.8. The Balaban J connectivity index is 1.67. The quantitative estimate of drug-likeness (QED) is 0.171. The summed E-state index contributed by atoms with van der Waals surface area (Å²) in [7, 11) is 0. The molecule has 0 saturated heterocycles. The van der Waals surface area contributed by atoms with Crippen LogP contribution in [-0.4, -0.2) is 52.1 Å². The van der Waals surface area contributed by atoms with E-state index in [4.69, 9.17) is 43.6 Å². The van der Waals surface area contributed by atoms with Crippen LogP contribution in [0.3, 0.4) is 0 Å². The minimum Gasteiger partial charge on any atom is -0.478 e. The average Bonchev–Trinajstić information content (AvgIpc) is 3.69. The van der Waals surface area contributed by atoms with E-state index in [-0.39, 0.29) is 16.7 Å². The van der Waals surface area contributed by atoms with Crippen molar-refractivity contribution >= 4 is 57.2 Å². The lowest BCUT2D eigenvalue weighted by atomic mass is 9.75. The van der Waals surface area contributed by atoms with Crippen molar-refractivity contribution < 1.29 is 19.8 Å². The lowest BCUT2D eigenvalue weighted by molar-refractivity contribution is 0.0696. The summed E-state index contributed by atoms with van der Waals surface area (Å²) in [6.45, 7) is 16.0. The molecule has 54 heavy (non-hydrogen) atoms. The molecule has 0 radical (unpaired) electrons. The topological polar surface area (TPSA) is 136 Å². The Morgan fingerprint density at radius 3 is 1.44 bits per heavy atom. The highest BCUT2D eigenvalue weighted by Gasteiger charge is 2.34. The predicted octanol–water partition coefficient (Wildman–Crippen LogP) is 10.4. The monoisotopic (exact) mass is 760 g/mol. The lowest BCUT2D eigenvalue weighted by Crippen LogP contribution is -2.20. The predicted molar refractivity (Wildman–Crippen MR) is 213 cm³/mol. The zero-order valence-corrected chi connectivity index (χ0v) is 32.6. The summed E-state index contributed by atoms with van der Waals surface area (Å²) < 4.78 is 0. The van der Waals surface area contributed by atoms with Gasteiger partial charge in [0.25, 0.3) is 0 Å². The number of fused-ring (bicyclic) bond motifs is 2. The zero-order valence-electron chi connectivity index (χ0n) is 31.1. The maximum atomic E-state index is 14.0. The molecule has 5 aromatic carbocycles. The van der Waals surface area contributed by atoms with Crippen LogP contribution in [0.25, 0.3) is 55.7 Å². The zero-order chi connectivity index (χ0) is 39.0. The van der Waals surface area contributed by atoms with Gasteiger partial charge in [-0.2, -0.15) is 0 Å². The molecule has 2 N–H and O–H groups in total. The third-order valence-corrected chi connectivity index (χ3v) is 9.89. The van der Waals surface area contributed by atoms with E-state index in [9.17, 15) is 19.8 Å². The van der Waals surface area contributed by atoms with Gasteiger partial charge in [-0.25, -0.2) is 9.59 Å². The Hall–Kier alpha value is -5.58. The van der Waals surface area contributed by atoms with Gasteiger partial charge in [0.2, 0.25) is 0 Å². The van der Waals surface area contributed by atoms with Gasteiger partial charge in [0.05, 0.1) is 22.5 Å². The summed E-state index contributed by atoms with van der Waals surface area (Å²) in [5.74, 6) is -2.59. The van der Waals surface area contributed by atoms with E-state index >= 15 is 0 Å². The second-order valence-electron chi connectivity index (χ2n) is 15.7. The fourth-order valence-electron chi connectivity index (χ4n) is 7.04. The Morgan fingerprint density at radius 2 is 1.00 bits per heavy atom. The SMILES string of the molecule is Cc1cc(-n2nc3ccc(Cl)cc3n2)c(-c2ccc(C(=O)O)c(-c3c(-n4nc5ccc(Cl)cc5n4)cc(C)cc3C(C)(C)C)c2C(=O)O)c(C(C)(C)C)c1. The van der Waals surface area contributed by atoms with Gasteiger partial charge < -0.3 is 10.2 Å². The number of rotatable bonds is 6. The van der Waals surface area contributed by atoms with Crippen molar-refractivity contribution in [2.24, 2.45) is 0 Å². The Morgan fingerprint density at radius 1 is 0.556 bits per heavy atom. The standard InChI is InChI=1S/C42H38Cl2N6O4/c1-21-15-27(41(3,4)5)35(33(17-21)49-45-29-13-9-23(43)19-31(29)47-49)25-11-12-26(39(51)52)36(37(25)40(53)54)38-28(42(6,7)8)16-22(2)18-34(38)50-46-30-14-10-24(44)20-32(30)48-50/h9-20H,1-8H3,(H,51,52)(H,53,54). The fourth-order valence-corrected chi connectivity index (χ4v) is 7.37. The van der Waals surface area contributed by atoms with E-state index in [2.05, 4.69) is 0 Å². The van der Waals surface area contributed by atoms with Crippen LogP contribution in [0, 0.1) is 13.8 Å². The van der Waals surface area contributed by atoms with Crippen molar-refractivity contribution in [1.29, 1.82) is 0 Å². The van der Waals surface area contributed by atoms with E-state index in [0.717, 1.165) is 22.3 Å². The molecular weight excluding hydrogens is 723 g/mol. The molecule has 0 aliphatic rings. The summed E-state index contributed by atoms with van der Waals surface area (Å²) >= 11 is 12.6. The van der Waals surface area contributed by atoms with Gasteiger partial charge in [-0.1, -0.05) is 82.9 Å². The molecule has 10 nitrogen and oxygen atoms in total. The maximum absolute atomic E-state index is 14.0. The second kappa shape index (κ2) is 13.1. The molecule has 7 aromatic rings. The highest BCUT2D eigenvalue weighted by atomic mass is 35.5. The molecule has 0 fully saturated rings. The number of aromatic carboxylic acids is 2. The molecule has 0 spiro atoms. The van der Waals surface area contributed by atoms with Crippen molar-refractivity contribution in [3.63, 3.8) is 0 Å². The van der Waals surface area contributed by atoms with Gasteiger partial charge in [-0.05, 0) is 107 Å². The first-order chi connectivity index (χ1) is 25.3. The summed E-state index contributed by atoms with van der Waals surface area (Å²) in [5, 5.41) is 42.3. The highest BCUT2D eigenvalue weighted by Crippen LogP contribution is 2.47. The van der Waals surface area contributed by atoms with Crippen LogP contribution in [0.4, 0.5) is 0 Å². The molecule has 2 aromatic heterocycles. The van der Waals surface area contributed by atoms with E-state index in [1.54, 1.807) is 42.5 Å². The van der Waals surface area contributed by atoms with Crippen molar-refractivity contribution in [2.45, 2.75) is 66.2 Å². The first-order valence-corrected chi connectivity index (χ1v) is 18.1. The van der Waals surface area contributed by atoms with E-state index in [1.807, 2.05) is 79.7 Å². The third-order valence-electron chi connectivity index (χ3n) is 9.42. The summed E-state index contributed by atoms with van der Waals surface area (Å²) in [4.78, 5) is 30.2. The van der Waals surface area contributed by atoms with E-state index in [1.165, 1.54) is 15.7 Å². The van der Waals surface area contributed by atoms with Gasteiger partial charge >= 0.3 is 11.9 Å². The Labute approximate surface area is 322 Å². The van der Waals surface area contributed by atoms with Gasteiger partial charge in [-0.3, -0.25) is 0 Å². The number of nitrogens with zero attached hydrogens (tertiary/aromatic N) is 6. The molecule has 0 aliphatic carbocycles. The summed E-state index contributed by atoms with van der Waals surface area (Å²) in [6.07, 6.45) is 0. The maximum Gasteiger partial charge on any atom is 0.336 e. The fraction of sp³-hybridized carbons (Fsp3) is 0.238. The van der Waals surface area contributed by atoms with Gasteiger partial charge in [0.15, 0.2) is 0 Å². The van der Waals surface area contributed by atoms with Crippen molar-refractivity contribution in [2.75, 3.05) is 0 Å². The highest BCUT2D eigenvalue weighted by molar-refractivity contribution is 6.31. The summed E-state index contributed by atoms with van der Waals surface area (Å²) in [5.41, 5.74) is 6.33. The Bertz CT molecular complexity index is 2700. The molecule has 0 amide bonds. The number of hydrogen-bond acceptors (Lipinski definition) is 6. The summed E-state index contributed by atoms with van der Waals surface area (Å²) in [6, 6.07) is 21.2. The number of halogens is 2. The largest absolute Gasteiger partial charge is 0.478 e. The number of aryl methyl sites for hydroxylation is 2. The van der Waals surface area contributed by atoms with Crippen LogP contribution >= 0.6 is 23.2 Å². The number of carboxylic acids is 2. The third kappa shape index (κ3) is 6.50. The molecule has 0 bridgehead atoms.